The number of nitrogens with two attached hydrogens (primary N) is 1. The number of nitrogens with zero attached hydrogens (tertiary/aromatic N) is 1. The molecule has 0 amide bonds. The molecule has 0 bridgehead atoms. The van der Waals surface area contributed by atoms with Gasteiger partial charge in [-0.1, -0.05) is 70.0 Å². The Balaban J connectivity index is 1.64. The molecule has 3 atom stereocenters. The van der Waals surface area contributed by atoms with Crippen LogP contribution in [0.15, 0.2) is 47.4 Å². The van der Waals surface area contributed by atoms with Crippen LogP contribution in [0.3, 0.4) is 0 Å². The van der Waals surface area contributed by atoms with Gasteiger partial charge in [0.2, 0.25) is 0 Å². The highest BCUT2D eigenvalue weighted by Gasteiger charge is 2.52. The second-order valence-corrected chi connectivity index (χ2v) is 12.8. The lowest BCUT2D eigenvalue weighted by Crippen LogP contribution is -2.55. The first-order valence-corrected chi connectivity index (χ1v) is 13.4. The van der Waals surface area contributed by atoms with Crippen molar-refractivity contribution in [2.45, 2.75) is 83.0 Å². The largest absolute Gasteiger partial charge is 0.255 e. The second kappa shape index (κ2) is 8.27. The summed E-state index contributed by atoms with van der Waals surface area (Å²) in [6.45, 7) is 11.5. The molecule has 5 heteroatoms. The van der Waals surface area contributed by atoms with Gasteiger partial charge in [0.05, 0.1) is 4.90 Å². The molecule has 2 aromatic carbocycles. The number of benzene rings is 2. The number of sulfonamides is 1. The molecular weight excluding hydrogens is 416 g/mol. The van der Waals surface area contributed by atoms with Crippen molar-refractivity contribution in [2.24, 2.45) is 17.2 Å². The Labute approximate surface area is 194 Å². The van der Waals surface area contributed by atoms with Crippen LogP contribution in [0.4, 0.5) is 0 Å². The molecule has 4 rings (SSSR count). The maximum absolute atomic E-state index is 13.2. The molecule has 1 saturated carbocycles. The van der Waals surface area contributed by atoms with Crippen molar-refractivity contribution in [2.75, 3.05) is 6.54 Å². The maximum atomic E-state index is 13.2. The van der Waals surface area contributed by atoms with E-state index in [0.29, 0.717) is 18.4 Å². The van der Waals surface area contributed by atoms with Crippen LogP contribution in [0.1, 0.15) is 81.5 Å². The first-order chi connectivity index (χ1) is 15.0. The molecule has 0 aliphatic heterocycles. The summed E-state index contributed by atoms with van der Waals surface area (Å²) in [5.41, 5.74) is 5.29. The molecule has 2 aliphatic rings. The molecular formula is C27H38N2O2S. The standard InChI is InChI=1S/C27H38N2O2S/c1-19(2)21-9-13-24-22(17-21)10-14-25-26(4,15-6-16-27(24,25)5)18-29(28)32(30,31)23-11-7-20(3)8-12-23/h7-9,11-13,17,19,25H,6,10,14-16,18,28H2,1-5H3/t25?,26-,27+/m0/s1. The van der Waals surface area contributed by atoms with E-state index >= 15 is 0 Å². The van der Waals surface area contributed by atoms with Gasteiger partial charge in [0.25, 0.3) is 10.0 Å². The van der Waals surface area contributed by atoms with Gasteiger partial charge in [0, 0.05) is 6.54 Å². The fourth-order valence-corrected chi connectivity index (χ4v) is 7.69. The average Bonchev–Trinajstić information content (AvgIpc) is 2.73. The van der Waals surface area contributed by atoms with E-state index in [1.807, 2.05) is 19.1 Å². The lowest BCUT2D eigenvalue weighted by atomic mass is 9.50. The summed E-state index contributed by atoms with van der Waals surface area (Å²) in [5.74, 6) is 7.23. The predicted octanol–water partition coefficient (Wildman–Crippen LogP) is 5.69. The van der Waals surface area contributed by atoms with Gasteiger partial charge in [-0.05, 0) is 84.1 Å². The number of hydrogen-bond donors (Lipinski definition) is 1. The van der Waals surface area contributed by atoms with E-state index in [9.17, 15) is 8.42 Å². The van der Waals surface area contributed by atoms with Crippen LogP contribution in [0.25, 0.3) is 0 Å². The zero-order valence-electron chi connectivity index (χ0n) is 20.2. The Hall–Kier alpha value is -1.69. The van der Waals surface area contributed by atoms with E-state index in [-0.39, 0.29) is 15.7 Å². The lowest BCUT2D eigenvalue weighted by molar-refractivity contribution is 0.0119. The SMILES string of the molecule is Cc1ccc(S(=O)(=O)N(N)C[C@]2(C)CCC[C@]3(C)c4ccc(C(C)C)cc4CCC23)cc1. The van der Waals surface area contributed by atoms with Crippen molar-refractivity contribution < 1.29 is 8.42 Å². The zero-order valence-corrected chi connectivity index (χ0v) is 21.0. The van der Waals surface area contributed by atoms with E-state index in [4.69, 9.17) is 5.84 Å². The van der Waals surface area contributed by atoms with Crippen LogP contribution in [-0.2, 0) is 21.9 Å². The fraction of sp³-hybridized carbons (Fsp3) is 0.556. The van der Waals surface area contributed by atoms with Crippen LogP contribution >= 0.6 is 0 Å². The molecule has 0 saturated heterocycles. The van der Waals surface area contributed by atoms with Gasteiger partial charge >= 0.3 is 0 Å². The lowest BCUT2D eigenvalue weighted by Gasteiger charge is -2.56. The van der Waals surface area contributed by atoms with Crippen molar-refractivity contribution >= 4 is 10.0 Å². The van der Waals surface area contributed by atoms with Gasteiger partial charge < -0.3 is 0 Å². The molecule has 1 unspecified atom stereocenters. The summed E-state index contributed by atoms with van der Waals surface area (Å²) in [6.07, 6.45) is 5.38. The third kappa shape index (κ3) is 3.93. The van der Waals surface area contributed by atoms with E-state index < -0.39 is 10.0 Å². The number of hydrogen-bond acceptors (Lipinski definition) is 3. The van der Waals surface area contributed by atoms with E-state index in [2.05, 4.69) is 45.9 Å². The first kappa shape index (κ1) is 23.5. The van der Waals surface area contributed by atoms with Crippen LogP contribution in [0.2, 0.25) is 0 Å². The maximum Gasteiger partial charge on any atom is 0.255 e. The summed E-state index contributed by atoms with van der Waals surface area (Å²) in [5, 5.41) is 0. The van der Waals surface area contributed by atoms with E-state index in [1.54, 1.807) is 12.1 Å². The van der Waals surface area contributed by atoms with Crippen molar-refractivity contribution in [3.8, 4) is 0 Å². The topological polar surface area (TPSA) is 63.4 Å². The predicted molar refractivity (Wildman–Crippen MR) is 131 cm³/mol. The summed E-state index contributed by atoms with van der Waals surface area (Å²) in [7, 11) is -3.72. The molecule has 0 heterocycles. The average molecular weight is 455 g/mol. The van der Waals surface area contributed by atoms with Crippen molar-refractivity contribution in [1.82, 2.24) is 4.41 Å². The van der Waals surface area contributed by atoms with Crippen molar-refractivity contribution in [1.29, 1.82) is 0 Å². The summed E-state index contributed by atoms with van der Waals surface area (Å²) in [4.78, 5) is 0.267. The molecule has 32 heavy (non-hydrogen) atoms. The molecule has 174 valence electrons. The van der Waals surface area contributed by atoms with Crippen molar-refractivity contribution in [3.05, 3.63) is 64.7 Å². The molecule has 0 radical (unpaired) electrons. The zero-order chi connectivity index (χ0) is 23.3. The molecule has 1 fully saturated rings. The van der Waals surface area contributed by atoms with Gasteiger partial charge in [0.15, 0.2) is 0 Å². The Morgan fingerprint density at radius 1 is 1.09 bits per heavy atom. The third-order valence-electron chi connectivity index (χ3n) is 8.31. The van der Waals surface area contributed by atoms with Crippen LogP contribution in [0.5, 0.6) is 0 Å². The van der Waals surface area contributed by atoms with Gasteiger partial charge in [0.1, 0.15) is 0 Å². The molecule has 4 nitrogen and oxygen atoms in total. The Bertz CT molecular complexity index is 1090. The van der Waals surface area contributed by atoms with Crippen LogP contribution < -0.4 is 5.84 Å². The molecule has 2 N–H and O–H groups in total. The minimum absolute atomic E-state index is 0.0601. The quantitative estimate of drug-likeness (QED) is 0.466. The normalized spacial score (nSPS) is 27.9. The molecule has 2 aromatic rings. The van der Waals surface area contributed by atoms with Gasteiger partial charge in [-0.2, -0.15) is 0 Å². The van der Waals surface area contributed by atoms with Crippen LogP contribution in [-0.4, -0.2) is 19.4 Å². The molecule has 0 spiro atoms. The smallest absolute Gasteiger partial charge is 0.255 e. The highest BCUT2D eigenvalue weighted by atomic mass is 32.2. The third-order valence-corrected chi connectivity index (χ3v) is 9.93. The highest BCUT2D eigenvalue weighted by Crippen LogP contribution is 2.57. The van der Waals surface area contributed by atoms with Gasteiger partial charge in [-0.25, -0.2) is 8.42 Å². The number of rotatable bonds is 5. The molecule has 0 aromatic heterocycles. The van der Waals surface area contributed by atoms with Crippen molar-refractivity contribution in [3.63, 3.8) is 0 Å². The summed E-state index contributed by atoms with van der Waals surface area (Å²) >= 11 is 0. The van der Waals surface area contributed by atoms with E-state index in [1.165, 1.54) is 16.7 Å². The summed E-state index contributed by atoms with van der Waals surface area (Å²) < 4.78 is 27.5. The van der Waals surface area contributed by atoms with Gasteiger partial charge in [-0.3, -0.25) is 5.84 Å². The monoisotopic (exact) mass is 454 g/mol. The minimum Gasteiger partial charge on any atom is -0.255 e. The highest BCUT2D eigenvalue weighted by molar-refractivity contribution is 7.89. The van der Waals surface area contributed by atoms with E-state index in [0.717, 1.165) is 42.1 Å². The van der Waals surface area contributed by atoms with Crippen LogP contribution in [0, 0.1) is 18.3 Å². The van der Waals surface area contributed by atoms with Gasteiger partial charge in [-0.15, -0.1) is 4.41 Å². The molecule has 2 aliphatic carbocycles. The second-order valence-electron chi connectivity index (χ2n) is 11.0. The minimum atomic E-state index is -3.72. The fourth-order valence-electron chi connectivity index (χ4n) is 6.48. The number of fused-ring (bicyclic) bond motifs is 3. The number of hydrazine groups is 1. The Morgan fingerprint density at radius 3 is 2.44 bits per heavy atom. The number of aryl methyl sites for hydroxylation is 2. The summed E-state index contributed by atoms with van der Waals surface area (Å²) in [6, 6.07) is 14.0. The Morgan fingerprint density at radius 2 is 1.78 bits per heavy atom. The first-order valence-electron chi connectivity index (χ1n) is 11.9. The Kier molecular flexibility index (Phi) is 6.06.